The van der Waals surface area contributed by atoms with E-state index in [0.717, 1.165) is 17.9 Å². The average Bonchev–Trinajstić information content (AvgIpc) is 2.38. The highest BCUT2D eigenvalue weighted by molar-refractivity contribution is 5.40. The molecule has 3 heteroatoms. The highest BCUT2D eigenvalue weighted by Crippen LogP contribution is 2.19. The third-order valence-corrected chi connectivity index (χ3v) is 2.35. The Balaban J connectivity index is 0.00000121. The van der Waals surface area contributed by atoms with Crippen LogP contribution in [-0.2, 0) is 6.42 Å². The number of aliphatic hydroxyl groups is 1. The minimum atomic E-state index is 0.134. The maximum atomic E-state index is 8.74. The molecule has 0 spiro atoms. The molecule has 0 saturated heterocycles. The van der Waals surface area contributed by atoms with E-state index >= 15 is 0 Å². The number of aryl methyl sites for hydroxylation is 1. The molecule has 3 nitrogen and oxygen atoms in total. The first-order valence-electron chi connectivity index (χ1n) is 6.53. The largest absolute Gasteiger partial charge is 0.395 e. The Hall–Kier alpha value is -1.09. The van der Waals surface area contributed by atoms with Crippen LogP contribution in [0.2, 0.25) is 0 Å². The van der Waals surface area contributed by atoms with Crippen molar-refractivity contribution in [1.82, 2.24) is 4.98 Å². The molecule has 17 heavy (non-hydrogen) atoms. The lowest BCUT2D eigenvalue weighted by Crippen LogP contribution is -2.08. The molecule has 0 saturated carbocycles. The fraction of sp³-hybridized carbons (Fsp3) is 0.643. The van der Waals surface area contributed by atoms with Gasteiger partial charge < -0.3 is 10.4 Å². The molecular formula is C14H26N2O. The molecule has 1 rings (SSSR count). The van der Waals surface area contributed by atoms with Crippen molar-refractivity contribution in [2.75, 3.05) is 18.5 Å². The van der Waals surface area contributed by atoms with Crippen LogP contribution in [0.5, 0.6) is 0 Å². The summed E-state index contributed by atoms with van der Waals surface area (Å²) in [5.74, 6) is 1.38. The molecule has 0 aromatic carbocycles. The van der Waals surface area contributed by atoms with Gasteiger partial charge in [-0.05, 0) is 30.0 Å². The average molecular weight is 238 g/mol. The van der Waals surface area contributed by atoms with Gasteiger partial charge in [0.05, 0.1) is 6.61 Å². The number of aromatic nitrogens is 1. The van der Waals surface area contributed by atoms with E-state index in [1.54, 1.807) is 0 Å². The topological polar surface area (TPSA) is 45.1 Å². The van der Waals surface area contributed by atoms with E-state index in [1.807, 2.05) is 13.8 Å². The van der Waals surface area contributed by atoms with Gasteiger partial charge in [-0.2, -0.15) is 0 Å². The van der Waals surface area contributed by atoms with Crippen molar-refractivity contribution < 1.29 is 5.11 Å². The standard InChI is InChI=1S/C12H20N2O.C2H6/c1-4-11-7-10(9(2)3)8-12(14-11)13-5-6-15;1-2/h7-9,15H,4-6H2,1-3H3,(H,13,14);1-2H3. The molecule has 0 radical (unpaired) electrons. The highest BCUT2D eigenvalue weighted by atomic mass is 16.3. The van der Waals surface area contributed by atoms with E-state index in [4.69, 9.17) is 5.11 Å². The molecule has 0 unspecified atom stereocenters. The van der Waals surface area contributed by atoms with Crippen LogP contribution in [0, 0.1) is 0 Å². The van der Waals surface area contributed by atoms with Gasteiger partial charge in [-0.1, -0.05) is 34.6 Å². The van der Waals surface area contributed by atoms with Crippen LogP contribution in [0.3, 0.4) is 0 Å². The summed E-state index contributed by atoms with van der Waals surface area (Å²) in [6.45, 7) is 11.1. The number of aliphatic hydroxyl groups excluding tert-OH is 1. The van der Waals surface area contributed by atoms with E-state index in [0.29, 0.717) is 12.5 Å². The Bertz CT molecular complexity index is 311. The third-order valence-electron chi connectivity index (χ3n) is 2.35. The number of hydrogen-bond acceptors (Lipinski definition) is 3. The predicted molar refractivity (Wildman–Crippen MR) is 74.6 cm³/mol. The fourth-order valence-electron chi connectivity index (χ4n) is 1.40. The molecule has 0 aliphatic heterocycles. The molecule has 1 aromatic rings. The normalized spacial score (nSPS) is 9.82. The second-order valence-corrected chi connectivity index (χ2v) is 3.94. The van der Waals surface area contributed by atoms with Crippen molar-refractivity contribution in [3.05, 3.63) is 23.4 Å². The Kier molecular flexibility index (Phi) is 8.42. The maximum Gasteiger partial charge on any atom is 0.126 e. The van der Waals surface area contributed by atoms with Crippen molar-refractivity contribution in [3.8, 4) is 0 Å². The SMILES string of the molecule is CC.CCc1cc(C(C)C)cc(NCCO)n1. The lowest BCUT2D eigenvalue weighted by molar-refractivity contribution is 0.311. The van der Waals surface area contributed by atoms with E-state index in [1.165, 1.54) is 5.56 Å². The lowest BCUT2D eigenvalue weighted by atomic mass is 10.0. The molecule has 0 aliphatic rings. The van der Waals surface area contributed by atoms with Gasteiger partial charge in [-0.3, -0.25) is 0 Å². The summed E-state index contributed by atoms with van der Waals surface area (Å²) >= 11 is 0. The predicted octanol–water partition coefficient (Wildman–Crippen LogP) is 3.20. The van der Waals surface area contributed by atoms with Crippen LogP contribution in [0.25, 0.3) is 0 Å². The van der Waals surface area contributed by atoms with Gasteiger partial charge in [0, 0.05) is 12.2 Å². The molecule has 0 fully saturated rings. The molecule has 0 aliphatic carbocycles. The molecule has 1 aromatic heterocycles. The number of anilines is 1. The van der Waals surface area contributed by atoms with Crippen molar-refractivity contribution in [3.63, 3.8) is 0 Å². The summed E-state index contributed by atoms with van der Waals surface area (Å²) < 4.78 is 0. The maximum absolute atomic E-state index is 8.74. The first kappa shape index (κ1) is 15.9. The van der Waals surface area contributed by atoms with E-state index < -0.39 is 0 Å². The number of hydrogen-bond donors (Lipinski definition) is 2. The molecule has 0 amide bonds. The van der Waals surface area contributed by atoms with E-state index in [9.17, 15) is 0 Å². The van der Waals surface area contributed by atoms with Crippen LogP contribution in [0.1, 0.15) is 51.8 Å². The minimum Gasteiger partial charge on any atom is -0.395 e. The summed E-state index contributed by atoms with van der Waals surface area (Å²) in [5.41, 5.74) is 2.39. The second-order valence-electron chi connectivity index (χ2n) is 3.94. The molecule has 0 bridgehead atoms. The van der Waals surface area contributed by atoms with Crippen LogP contribution < -0.4 is 5.32 Å². The highest BCUT2D eigenvalue weighted by Gasteiger charge is 2.04. The molecule has 0 atom stereocenters. The summed E-state index contributed by atoms with van der Waals surface area (Å²) in [4.78, 5) is 4.45. The fourth-order valence-corrected chi connectivity index (χ4v) is 1.40. The Morgan fingerprint density at radius 3 is 2.41 bits per heavy atom. The van der Waals surface area contributed by atoms with Crippen LogP contribution in [-0.4, -0.2) is 23.2 Å². The quantitative estimate of drug-likeness (QED) is 0.828. The van der Waals surface area contributed by atoms with Gasteiger partial charge in [-0.15, -0.1) is 0 Å². The Morgan fingerprint density at radius 1 is 1.29 bits per heavy atom. The molecular weight excluding hydrogens is 212 g/mol. The lowest BCUT2D eigenvalue weighted by Gasteiger charge is -2.11. The number of pyridine rings is 1. The van der Waals surface area contributed by atoms with Crippen LogP contribution >= 0.6 is 0 Å². The smallest absolute Gasteiger partial charge is 0.126 e. The van der Waals surface area contributed by atoms with Crippen molar-refractivity contribution in [2.45, 2.75) is 47.0 Å². The zero-order chi connectivity index (χ0) is 13.3. The van der Waals surface area contributed by atoms with Gasteiger partial charge in [-0.25, -0.2) is 4.98 Å². The first-order chi connectivity index (χ1) is 8.17. The van der Waals surface area contributed by atoms with E-state index in [-0.39, 0.29) is 6.61 Å². The van der Waals surface area contributed by atoms with Gasteiger partial charge in [0.1, 0.15) is 5.82 Å². The third kappa shape index (κ3) is 5.68. The van der Waals surface area contributed by atoms with E-state index in [2.05, 4.69) is 43.2 Å². The number of nitrogens with zero attached hydrogens (tertiary/aromatic N) is 1. The van der Waals surface area contributed by atoms with Crippen molar-refractivity contribution in [2.24, 2.45) is 0 Å². The van der Waals surface area contributed by atoms with Gasteiger partial charge >= 0.3 is 0 Å². The number of rotatable bonds is 5. The molecule has 2 N–H and O–H groups in total. The van der Waals surface area contributed by atoms with Gasteiger partial charge in [0.15, 0.2) is 0 Å². The molecule has 98 valence electrons. The zero-order valence-electron chi connectivity index (χ0n) is 11.7. The summed E-state index contributed by atoms with van der Waals surface area (Å²) in [6.07, 6.45) is 0.939. The zero-order valence-corrected chi connectivity index (χ0v) is 11.7. The minimum absolute atomic E-state index is 0.134. The van der Waals surface area contributed by atoms with Crippen molar-refractivity contribution >= 4 is 5.82 Å². The van der Waals surface area contributed by atoms with Gasteiger partial charge in [0.2, 0.25) is 0 Å². The number of nitrogens with one attached hydrogen (secondary N) is 1. The van der Waals surface area contributed by atoms with Crippen LogP contribution in [0.15, 0.2) is 12.1 Å². The summed E-state index contributed by atoms with van der Waals surface area (Å²) in [5, 5.41) is 11.8. The summed E-state index contributed by atoms with van der Waals surface area (Å²) in [7, 11) is 0. The monoisotopic (exact) mass is 238 g/mol. The summed E-state index contributed by atoms with van der Waals surface area (Å²) in [6, 6.07) is 4.20. The van der Waals surface area contributed by atoms with Crippen molar-refractivity contribution in [1.29, 1.82) is 0 Å². The molecule has 1 heterocycles. The Labute approximate surface area is 105 Å². The second kappa shape index (κ2) is 8.99. The van der Waals surface area contributed by atoms with Gasteiger partial charge in [0.25, 0.3) is 0 Å². The Morgan fingerprint density at radius 2 is 1.94 bits per heavy atom. The first-order valence-corrected chi connectivity index (χ1v) is 6.53. The van der Waals surface area contributed by atoms with Crippen LogP contribution in [0.4, 0.5) is 5.82 Å².